The number of carbonyl (C=O) groups is 4. The molecule has 3 aromatic rings. The van der Waals surface area contributed by atoms with Gasteiger partial charge in [0.05, 0.1) is 30.5 Å². The lowest BCUT2D eigenvalue weighted by Gasteiger charge is -2.14. The maximum atomic E-state index is 12.5. The van der Waals surface area contributed by atoms with E-state index in [0.717, 1.165) is 4.90 Å². The lowest BCUT2D eigenvalue weighted by Crippen LogP contribution is -2.31. The summed E-state index contributed by atoms with van der Waals surface area (Å²) in [5.74, 6) is -0.913. The number of esters is 1. The molecule has 0 fully saturated rings. The van der Waals surface area contributed by atoms with Crippen LogP contribution in [0.3, 0.4) is 0 Å². The normalized spacial score (nSPS) is 12.6. The van der Waals surface area contributed by atoms with Gasteiger partial charge in [0.1, 0.15) is 17.4 Å². The van der Waals surface area contributed by atoms with Crippen LogP contribution in [0.5, 0.6) is 11.5 Å². The van der Waals surface area contributed by atoms with E-state index < -0.39 is 11.9 Å². The number of carbonyl (C=O) groups excluding carboxylic acids is 4. The lowest BCUT2D eigenvalue weighted by atomic mass is 10.1. The van der Waals surface area contributed by atoms with Crippen molar-refractivity contribution in [3.63, 3.8) is 0 Å². The van der Waals surface area contributed by atoms with Crippen LogP contribution in [0.4, 0.5) is 0 Å². The Hall–Kier alpha value is -5.17. The van der Waals surface area contributed by atoms with Crippen molar-refractivity contribution in [1.29, 1.82) is 5.26 Å². The first-order chi connectivity index (χ1) is 18.9. The largest absolute Gasteiger partial charge is 0.490 e. The van der Waals surface area contributed by atoms with Crippen molar-refractivity contribution in [3.05, 3.63) is 88.9 Å². The molecular formula is C29H25N3O7. The third-order valence-corrected chi connectivity index (χ3v) is 5.81. The van der Waals surface area contributed by atoms with Gasteiger partial charge in [-0.15, -0.1) is 0 Å². The number of nitrogens with one attached hydrogen (secondary N) is 1. The number of ether oxygens (including phenoxy) is 2. The summed E-state index contributed by atoms with van der Waals surface area (Å²) in [4.78, 5) is 51.0. The Morgan fingerprint density at radius 3 is 2.44 bits per heavy atom. The van der Waals surface area contributed by atoms with Gasteiger partial charge in [-0.05, 0) is 61.4 Å². The van der Waals surface area contributed by atoms with Gasteiger partial charge in [-0.1, -0.05) is 18.2 Å². The molecule has 1 aliphatic rings. The Morgan fingerprint density at radius 1 is 1.05 bits per heavy atom. The number of hydrogen-bond acceptors (Lipinski definition) is 8. The molecule has 0 saturated heterocycles. The molecule has 0 radical (unpaired) electrons. The van der Waals surface area contributed by atoms with Crippen LogP contribution in [0, 0.1) is 11.3 Å². The molecule has 1 N–H and O–H groups in total. The molecule has 0 atom stereocenters. The minimum atomic E-state index is -0.569. The predicted molar refractivity (Wildman–Crippen MR) is 138 cm³/mol. The second-order valence-corrected chi connectivity index (χ2v) is 8.46. The highest BCUT2D eigenvalue weighted by atomic mass is 16.6. The molecule has 1 aromatic heterocycles. The van der Waals surface area contributed by atoms with Crippen molar-refractivity contribution >= 4 is 29.8 Å². The Morgan fingerprint density at radius 2 is 1.79 bits per heavy atom. The maximum absolute atomic E-state index is 12.5. The minimum absolute atomic E-state index is 0.0327. The van der Waals surface area contributed by atoms with E-state index in [1.54, 1.807) is 55.5 Å². The van der Waals surface area contributed by atoms with Crippen molar-refractivity contribution in [1.82, 2.24) is 10.2 Å². The maximum Gasteiger partial charge on any atom is 0.311 e. The van der Waals surface area contributed by atoms with Crippen molar-refractivity contribution in [3.8, 4) is 17.6 Å². The fourth-order valence-corrected chi connectivity index (χ4v) is 3.96. The zero-order valence-electron chi connectivity index (χ0n) is 21.1. The molecule has 1 aliphatic heterocycles. The lowest BCUT2D eigenvalue weighted by molar-refractivity contribution is -0.134. The molecule has 0 spiro atoms. The van der Waals surface area contributed by atoms with Crippen molar-refractivity contribution in [2.45, 2.75) is 26.3 Å². The van der Waals surface area contributed by atoms with Gasteiger partial charge in [-0.25, -0.2) is 0 Å². The van der Waals surface area contributed by atoms with E-state index in [1.165, 1.54) is 18.4 Å². The number of benzene rings is 2. The Labute approximate surface area is 224 Å². The molecule has 3 amide bonds. The second-order valence-electron chi connectivity index (χ2n) is 8.46. The summed E-state index contributed by atoms with van der Waals surface area (Å²) >= 11 is 0. The van der Waals surface area contributed by atoms with Crippen LogP contribution < -0.4 is 14.8 Å². The Balaban J connectivity index is 1.36. The average molecular weight is 528 g/mol. The van der Waals surface area contributed by atoms with Crippen molar-refractivity contribution < 1.29 is 33.1 Å². The molecule has 10 nitrogen and oxygen atoms in total. The van der Waals surface area contributed by atoms with Crippen LogP contribution in [-0.2, 0) is 16.1 Å². The van der Waals surface area contributed by atoms with Crippen LogP contribution in [0.15, 0.2) is 70.9 Å². The molecule has 4 rings (SSSR count). The van der Waals surface area contributed by atoms with Gasteiger partial charge in [-0.2, -0.15) is 5.26 Å². The zero-order valence-corrected chi connectivity index (χ0v) is 21.1. The number of nitrogens with zero attached hydrogens (tertiary/aromatic N) is 2. The number of hydrogen-bond donors (Lipinski definition) is 1. The highest BCUT2D eigenvalue weighted by molar-refractivity contribution is 6.21. The molecule has 39 heavy (non-hydrogen) atoms. The smallest absolute Gasteiger partial charge is 0.311 e. The summed E-state index contributed by atoms with van der Waals surface area (Å²) in [6.07, 6.45) is 3.08. The highest BCUT2D eigenvalue weighted by Crippen LogP contribution is 2.30. The summed E-state index contributed by atoms with van der Waals surface area (Å²) in [6.45, 7) is 2.27. The monoisotopic (exact) mass is 527 g/mol. The van der Waals surface area contributed by atoms with Gasteiger partial charge in [0.2, 0.25) is 0 Å². The summed E-state index contributed by atoms with van der Waals surface area (Å²) in [6, 6.07) is 16.5. The molecule has 0 aliphatic carbocycles. The van der Waals surface area contributed by atoms with E-state index in [0.29, 0.717) is 22.5 Å². The number of rotatable bonds is 11. The van der Waals surface area contributed by atoms with E-state index in [-0.39, 0.29) is 61.4 Å². The fraction of sp³-hybridized carbons (Fsp3) is 0.207. The van der Waals surface area contributed by atoms with Gasteiger partial charge in [0.15, 0.2) is 11.5 Å². The van der Waals surface area contributed by atoms with Crippen LogP contribution >= 0.6 is 0 Å². The molecule has 198 valence electrons. The quantitative estimate of drug-likeness (QED) is 0.130. The van der Waals surface area contributed by atoms with E-state index in [1.807, 2.05) is 6.07 Å². The van der Waals surface area contributed by atoms with Gasteiger partial charge in [-0.3, -0.25) is 24.1 Å². The first-order valence-corrected chi connectivity index (χ1v) is 12.3. The first-order valence-electron chi connectivity index (χ1n) is 12.3. The summed E-state index contributed by atoms with van der Waals surface area (Å²) in [5, 5.41) is 12.1. The topological polar surface area (TPSA) is 139 Å². The third kappa shape index (κ3) is 6.40. The highest BCUT2D eigenvalue weighted by Gasteiger charge is 2.34. The number of nitriles is 1. The SMILES string of the molecule is CCOc1cc(/C=C(\C#N)C(=O)NCc2ccco2)ccc1OC(=O)CCCN1C(=O)c2ccccc2C1=O. The average Bonchev–Trinajstić information content (AvgIpc) is 3.55. The second kappa shape index (κ2) is 12.4. The standard InChI is InChI=1S/C29H25N3O7/c1-2-37-25-16-19(15-20(17-30)27(34)31-18-21-7-6-14-38-21)11-12-24(25)39-26(33)10-5-13-32-28(35)22-8-3-4-9-23(22)29(32)36/h3-4,6-9,11-12,14-16H,2,5,10,13,18H2,1H3,(H,31,34)/b20-15+. The summed E-state index contributed by atoms with van der Waals surface area (Å²) in [5.41, 5.74) is 1.08. The molecule has 0 saturated carbocycles. The number of fused-ring (bicyclic) bond motifs is 1. The number of furan rings is 1. The summed E-state index contributed by atoms with van der Waals surface area (Å²) in [7, 11) is 0. The van der Waals surface area contributed by atoms with Crippen LogP contribution in [0.25, 0.3) is 6.08 Å². The van der Waals surface area contributed by atoms with E-state index in [4.69, 9.17) is 13.9 Å². The Kier molecular flexibility index (Phi) is 8.53. The molecule has 10 heteroatoms. The number of imide groups is 1. The molecular weight excluding hydrogens is 502 g/mol. The molecule has 2 heterocycles. The van der Waals surface area contributed by atoms with Crippen LogP contribution in [0.1, 0.15) is 51.8 Å². The fourth-order valence-electron chi connectivity index (χ4n) is 3.96. The summed E-state index contributed by atoms with van der Waals surface area (Å²) < 4.78 is 16.2. The Bertz CT molecular complexity index is 1430. The van der Waals surface area contributed by atoms with Crippen molar-refractivity contribution in [2.75, 3.05) is 13.2 Å². The third-order valence-electron chi connectivity index (χ3n) is 5.81. The predicted octanol–water partition coefficient (Wildman–Crippen LogP) is 3.88. The van der Waals surface area contributed by atoms with E-state index >= 15 is 0 Å². The molecule has 2 aromatic carbocycles. The van der Waals surface area contributed by atoms with Gasteiger partial charge >= 0.3 is 5.97 Å². The first kappa shape index (κ1) is 26.9. The zero-order chi connectivity index (χ0) is 27.8. The minimum Gasteiger partial charge on any atom is -0.490 e. The van der Waals surface area contributed by atoms with Crippen molar-refractivity contribution in [2.24, 2.45) is 0 Å². The van der Waals surface area contributed by atoms with Crippen LogP contribution in [-0.4, -0.2) is 41.7 Å². The van der Waals surface area contributed by atoms with Gasteiger partial charge in [0, 0.05) is 13.0 Å². The van der Waals surface area contributed by atoms with Gasteiger partial charge in [0.25, 0.3) is 17.7 Å². The van der Waals surface area contributed by atoms with Gasteiger partial charge < -0.3 is 19.2 Å². The molecule has 0 unspecified atom stereocenters. The van der Waals surface area contributed by atoms with E-state index in [2.05, 4.69) is 5.32 Å². The number of amides is 3. The van der Waals surface area contributed by atoms with E-state index in [9.17, 15) is 24.4 Å². The molecule has 0 bridgehead atoms. The van der Waals surface area contributed by atoms with Crippen LogP contribution in [0.2, 0.25) is 0 Å².